The van der Waals surface area contributed by atoms with E-state index < -0.39 is 0 Å². The van der Waals surface area contributed by atoms with Crippen LogP contribution < -0.4 is 5.32 Å². The van der Waals surface area contributed by atoms with Crippen LogP contribution in [0, 0.1) is 6.92 Å². The Kier molecular flexibility index (Phi) is 4.10. The van der Waals surface area contributed by atoms with Gasteiger partial charge in [-0.1, -0.05) is 35.8 Å². The number of rotatable bonds is 5. The van der Waals surface area contributed by atoms with Gasteiger partial charge in [0.05, 0.1) is 0 Å². The lowest BCUT2D eigenvalue weighted by molar-refractivity contribution is 0.363. The fraction of sp³-hybridized carbons (Fsp3) is 0.429. The smallest absolute Gasteiger partial charge is 0.228 e. The summed E-state index contributed by atoms with van der Waals surface area (Å²) >= 11 is 0. The third-order valence-electron chi connectivity index (χ3n) is 2.78. The zero-order valence-electron chi connectivity index (χ0n) is 11.1. The molecule has 0 saturated heterocycles. The third kappa shape index (κ3) is 3.17. The molecule has 1 aromatic heterocycles. The fourth-order valence-corrected chi connectivity index (χ4v) is 1.92. The molecule has 0 fully saturated rings. The Hall–Kier alpha value is -1.68. The van der Waals surface area contributed by atoms with Gasteiger partial charge in [-0.3, -0.25) is 0 Å². The number of likely N-dealkylation sites (N-methyl/N-ethyl adjacent to an activating group) is 1. The van der Waals surface area contributed by atoms with Crippen LogP contribution in [-0.4, -0.2) is 22.7 Å². The van der Waals surface area contributed by atoms with Gasteiger partial charge in [0.2, 0.25) is 11.7 Å². The monoisotopic (exact) mass is 245 g/mol. The highest BCUT2D eigenvalue weighted by molar-refractivity contribution is 5.55. The predicted molar refractivity (Wildman–Crippen MR) is 71.3 cm³/mol. The average Bonchev–Trinajstić information content (AvgIpc) is 2.78. The maximum atomic E-state index is 5.27. The van der Waals surface area contributed by atoms with Gasteiger partial charge >= 0.3 is 0 Å². The molecular formula is C14H19N3O. The van der Waals surface area contributed by atoms with E-state index in [1.54, 1.807) is 0 Å². The number of benzene rings is 1. The van der Waals surface area contributed by atoms with Gasteiger partial charge in [-0.25, -0.2) is 0 Å². The normalized spacial score (nSPS) is 12.6. The summed E-state index contributed by atoms with van der Waals surface area (Å²) in [6.07, 6.45) is 0.757. The van der Waals surface area contributed by atoms with Crippen LogP contribution in [0.25, 0.3) is 11.4 Å². The fourth-order valence-electron chi connectivity index (χ4n) is 1.92. The molecule has 2 rings (SSSR count). The minimum Gasteiger partial charge on any atom is -0.339 e. The van der Waals surface area contributed by atoms with E-state index in [9.17, 15) is 0 Å². The molecule has 2 aromatic rings. The molecule has 0 spiro atoms. The Morgan fingerprint density at radius 2 is 2.22 bits per heavy atom. The number of nitrogens with zero attached hydrogens (tertiary/aromatic N) is 2. The van der Waals surface area contributed by atoms with Crippen molar-refractivity contribution in [1.82, 2.24) is 15.5 Å². The predicted octanol–water partition coefficient (Wildman–Crippen LogP) is 2.59. The first-order valence-corrected chi connectivity index (χ1v) is 6.32. The minimum absolute atomic E-state index is 0.348. The zero-order valence-corrected chi connectivity index (χ0v) is 11.1. The maximum Gasteiger partial charge on any atom is 0.228 e. The first-order chi connectivity index (χ1) is 8.69. The molecule has 0 saturated carbocycles. The third-order valence-corrected chi connectivity index (χ3v) is 2.78. The second-order valence-corrected chi connectivity index (χ2v) is 4.54. The summed E-state index contributed by atoms with van der Waals surface area (Å²) in [5.74, 6) is 1.34. The lowest BCUT2D eigenvalue weighted by Gasteiger charge is -2.07. The van der Waals surface area contributed by atoms with Gasteiger partial charge in [-0.2, -0.15) is 4.98 Å². The zero-order chi connectivity index (χ0) is 13.0. The summed E-state index contributed by atoms with van der Waals surface area (Å²) in [4.78, 5) is 4.43. The molecule has 1 aromatic carbocycles. The van der Waals surface area contributed by atoms with Gasteiger partial charge in [0.25, 0.3) is 0 Å². The molecule has 0 amide bonds. The molecule has 96 valence electrons. The van der Waals surface area contributed by atoms with Gasteiger partial charge < -0.3 is 9.84 Å². The van der Waals surface area contributed by atoms with Crippen LogP contribution in [0.3, 0.4) is 0 Å². The summed E-state index contributed by atoms with van der Waals surface area (Å²) in [5.41, 5.74) is 2.20. The largest absolute Gasteiger partial charge is 0.339 e. The van der Waals surface area contributed by atoms with E-state index >= 15 is 0 Å². The van der Waals surface area contributed by atoms with E-state index in [1.807, 2.05) is 12.1 Å². The number of nitrogens with one attached hydrogen (secondary N) is 1. The standard InChI is InChI=1S/C14H19N3O/c1-4-15-11(3)9-13-16-14(17-18-13)12-7-5-6-10(2)8-12/h5-8,11,15H,4,9H2,1-3H3. The lowest BCUT2D eigenvalue weighted by atomic mass is 10.1. The Morgan fingerprint density at radius 3 is 2.94 bits per heavy atom. The summed E-state index contributed by atoms with van der Waals surface area (Å²) in [6.45, 7) is 7.19. The summed E-state index contributed by atoms with van der Waals surface area (Å²) in [5, 5.41) is 7.35. The highest BCUT2D eigenvalue weighted by atomic mass is 16.5. The molecule has 0 aliphatic heterocycles. The summed E-state index contributed by atoms with van der Waals surface area (Å²) < 4.78 is 5.27. The van der Waals surface area contributed by atoms with Crippen molar-refractivity contribution in [3.8, 4) is 11.4 Å². The van der Waals surface area contributed by atoms with Crippen LogP contribution >= 0.6 is 0 Å². The molecular weight excluding hydrogens is 226 g/mol. The van der Waals surface area contributed by atoms with Crippen LogP contribution in [-0.2, 0) is 6.42 Å². The van der Waals surface area contributed by atoms with Crippen LogP contribution in [0.4, 0.5) is 0 Å². The first kappa shape index (κ1) is 12.8. The molecule has 4 heteroatoms. The van der Waals surface area contributed by atoms with E-state index in [4.69, 9.17) is 4.52 Å². The van der Waals surface area contributed by atoms with Crippen molar-refractivity contribution >= 4 is 0 Å². The SMILES string of the molecule is CCNC(C)Cc1nc(-c2cccc(C)c2)no1. The van der Waals surface area contributed by atoms with Crippen LogP contribution in [0.5, 0.6) is 0 Å². The van der Waals surface area contributed by atoms with Crippen LogP contribution in [0.2, 0.25) is 0 Å². The van der Waals surface area contributed by atoms with E-state index in [0.29, 0.717) is 17.8 Å². The first-order valence-electron chi connectivity index (χ1n) is 6.32. The molecule has 4 nitrogen and oxygen atoms in total. The molecule has 1 N–H and O–H groups in total. The Bertz CT molecular complexity index is 507. The van der Waals surface area contributed by atoms with Crippen molar-refractivity contribution in [2.45, 2.75) is 33.2 Å². The second-order valence-electron chi connectivity index (χ2n) is 4.54. The van der Waals surface area contributed by atoms with Crippen molar-refractivity contribution in [2.24, 2.45) is 0 Å². The van der Waals surface area contributed by atoms with Gasteiger partial charge in [-0.15, -0.1) is 0 Å². The summed E-state index contributed by atoms with van der Waals surface area (Å²) in [6, 6.07) is 8.46. The van der Waals surface area contributed by atoms with Gasteiger partial charge in [0.1, 0.15) is 0 Å². The minimum atomic E-state index is 0.348. The van der Waals surface area contributed by atoms with E-state index in [0.717, 1.165) is 18.5 Å². The van der Waals surface area contributed by atoms with Crippen LogP contribution in [0.15, 0.2) is 28.8 Å². The Morgan fingerprint density at radius 1 is 1.39 bits per heavy atom. The lowest BCUT2D eigenvalue weighted by Crippen LogP contribution is -2.27. The van der Waals surface area contributed by atoms with E-state index in [-0.39, 0.29) is 0 Å². The van der Waals surface area contributed by atoms with Gasteiger partial charge in [-0.05, 0) is 26.5 Å². The van der Waals surface area contributed by atoms with Crippen molar-refractivity contribution in [1.29, 1.82) is 0 Å². The molecule has 1 heterocycles. The molecule has 0 aliphatic rings. The van der Waals surface area contributed by atoms with Crippen molar-refractivity contribution in [3.63, 3.8) is 0 Å². The number of aryl methyl sites for hydroxylation is 1. The molecule has 0 aliphatic carbocycles. The number of aromatic nitrogens is 2. The topological polar surface area (TPSA) is 51.0 Å². The highest BCUT2D eigenvalue weighted by Gasteiger charge is 2.11. The molecule has 1 atom stereocenters. The maximum absolute atomic E-state index is 5.27. The van der Waals surface area contributed by atoms with Crippen LogP contribution in [0.1, 0.15) is 25.3 Å². The number of hydrogen-bond acceptors (Lipinski definition) is 4. The molecule has 0 bridgehead atoms. The average molecular weight is 245 g/mol. The molecule has 1 unspecified atom stereocenters. The van der Waals surface area contributed by atoms with Crippen molar-refractivity contribution in [3.05, 3.63) is 35.7 Å². The molecule has 18 heavy (non-hydrogen) atoms. The quantitative estimate of drug-likeness (QED) is 0.879. The second kappa shape index (κ2) is 5.78. The number of hydrogen-bond donors (Lipinski definition) is 1. The Labute approximate surface area is 107 Å². The van der Waals surface area contributed by atoms with Crippen molar-refractivity contribution in [2.75, 3.05) is 6.54 Å². The highest BCUT2D eigenvalue weighted by Crippen LogP contribution is 2.17. The molecule has 0 radical (unpaired) electrons. The van der Waals surface area contributed by atoms with E-state index in [2.05, 4.69) is 48.4 Å². The Balaban J connectivity index is 2.10. The van der Waals surface area contributed by atoms with Gasteiger partial charge in [0, 0.05) is 18.0 Å². The van der Waals surface area contributed by atoms with Crippen molar-refractivity contribution < 1.29 is 4.52 Å². The van der Waals surface area contributed by atoms with Gasteiger partial charge in [0.15, 0.2) is 0 Å². The summed E-state index contributed by atoms with van der Waals surface area (Å²) in [7, 11) is 0. The van der Waals surface area contributed by atoms with E-state index in [1.165, 1.54) is 5.56 Å².